The first-order chi connectivity index (χ1) is 11.7. The number of nitrogens with zero attached hydrogens (tertiary/aromatic N) is 2. The minimum absolute atomic E-state index is 0.237. The SMILES string of the molecule is O=C(O)c1cccc(NN=Cc2ccc(N3CCCCC3)cc2)c1. The van der Waals surface area contributed by atoms with Crippen molar-refractivity contribution in [1.82, 2.24) is 0 Å². The first kappa shape index (κ1) is 16.1. The van der Waals surface area contributed by atoms with Gasteiger partial charge in [0.1, 0.15) is 0 Å². The molecular formula is C19H21N3O2. The molecule has 0 spiro atoms. The number of carbonyl (C=O) groups is 1. The van der Waals surface area contributed by atoms with Crippen molar-refractivity contribution in [3.05, 3.63) is 59.7 Å². The topological polar surface area (TPSA) is 64.9 Å². The number of anilines is 2. The summed E-state index contributed by atoms with van der Waals surface area (Å²) < 4.78 is 0. The number of hydrazone groups is 1. The monoisotopic (exact) mass is 323 g/mol. The van der Waals surface area contributed by atoms with Gasteiger partial charge in [0.05, 0.1) is 17.5 Å². The van der Waals surface area contributed by atoms with E-state index in [1.807, 2.05) is 12.1 Å². The summed E-state index contributed by atoms with van der Waals surface area (Å²) in [6.45, 7) is 2.27. The van der Waals surface area contributed by atoms with Crippen LogP contribution in [-0.4, -0.2) is 30.4 Å². The lowest BCUT2D eigenvalue weighted by Gasteiger charge is -2.28. The molecule has 2 aromatic carbocycles. The molecule has 0 aliphatic carbocycles. The second kappa shape index (κ2) is 7.64. The minimum Gasteiger partial charge on any atom is -0.478 e. The molecule has 0 unspecified atom stereocenters. The van der Waals surface area contributed by atoms with E-state index in [2.05, 4.69) is 27.6 Å². The fourth-order valence-electron chi connectivity index (χ4n) is 2.83. The van der Waals surface area contributed by atoms with Crippen LogP contribution in [0.4, 0.5) is 11.4 Å². The molecule has 3 rings (SSSR count). The molecule has 2 aromatic rings. The maximum atomic E-state index is 10.9. The molecule has 0 atom stereocenters. The number of piperidine rings is 1. The minimum atomic E-state index is -0.948. The molecule has 1 fully saturated rings. The molecule has 24 heavy (non-hydrogen) atoms. The van der Waals surface area contributed by atoms with Crippen molar-refractivity contribution in [3.63, 3.8) is 0 Å². The standard InChI is InChI=1S/C19H21N3O2/c23-19(24)16-5-4-6-17(13-16)21-20-14-15-7-9-18(10-8-15)22-11-2-1-3-12-22/h4-10,13-14,21H,1-3,11-12H2,(H,23,24). The van der Waals surface area contributed by atoms with Crippen molar-refractivity contribution >= 4 is 23.6 Å². The number of rotatable bonds is 5. The number of hydrogen-bond donors (Lipinski definition) is 2. The molecule has 124 valence electrons. The average molecular weight is 323 g/mol. The van der Waals surface area contributed by atoms with E-state index in [1.54, 1.807) is 30.5 Å². The highest BCUT2D eigenvalue weighted by molar-refractivity contribution is 5.89. The van der Waals surface area contributed by atoms with Crippen LogP contribution >= 0.6 is 0 Å². The van der Waals surface area contributed by atoms with Gasteiger partial charge < -0.3 is 10.0 Å². The van der Waals surface area contributed by atoms with E-state index in [0.29, 0.717) is 5.69 Å². The smallest absolute Gasteiger partial charge is 0.335 e. The van der Waals surface area contributed by atoms with Crippen LogP contribution in [0.1, 0.15) is 35.2 Å². The Morgan fingerprint density at radius 1 is 1.08 bits per heavy atom. The Morgan fingerprint density at radius 2 is 1.83 bits per heavy atom. The highest BCUT2D eigenvalue weighted by Crippen LogP contribution is 2.19. The van der Waals surface area contributed by atoms with E-state index < -0.39 is 5.97 Å². The van der Waals surface area contributed by atoms with Crippen LogP contribution in [0.3, 0.4) is 0 Å². The third-order valence-electron chi connectivity index (χ3n) is 4.13. The number of hydrogen-bond acceptors (Lipinski definition) is 4. The van der Waals surface area contributed by atoms with Crippen LogP contribution in [0.25, 0.3) is 0 Å². The molecule has 1 heterocycles. The van der Waals surface area contributed by atoms with Crippen molar-refractivity contribution in [3.8, 4) is 0 Å². The summed E-state index contributed by atoms with van der Waals surface area (Å²) in [5, 5.41) is 13.1. The largest absolute Gasteiger partial charge is 0.478 e. The van der Waals surface area contributed by atoms with Crippen molar-refractivity contribution in [2.75, 3.05) is 23.4 Å². The molecule has 5 heteroatoms. The first-order valence-corrected chi connectivity index (χ1v) is 8.20. The van der Waals surface area contributed by atoms with E-state index in [1.165, 1.54) is 24.9 Å². The average Bonchev–Trinajstić information content (AvgIpc) is 2.63. The highest BCUT2D eigenvalue weighted by Gasteiger charge is 2.10. The molecular weight excluding hydrogens is 302 g/mol. The van der Waals surface area contributed by atoms with Crippen molar-refractivity contribution in [2.24, 2.45) is 5.10 Å². The molecule has 2 N–H and O–H groups in total. The van der Waals surface area contributed by atoms with Gasteiger partial charge in [-0.05, 0) is 55.2 Å². The lowest BCUT2D eigenvalue weighted by Crippen LogP contribution is -2.29. The molecule has 0 aromatic heterocycles. The van der Waals surface area contributed by atoms with E-state index in [9.17, 15) is 4.79 Å². The van der Waals surface area contributed by atoms with E-state index in [0.717, 1.165) is 18.7 Å². The van der Waals surface area contributed by atoms with Gasteiger partial charge in [-0.3, -0.25) is 5.43 Å². The summed E-state index contributed by atoms with van der Waals surface area (Å²) in [6.07, 6.45) is 5.59. The maximum Gasteiger partial charge on any atom is 0.335 e. The summed E-state index contributed by atoms with van der Waals surface area (Å²) in [5.74, 6) is -0.948. The van der Waals surface area contributed by atoms with Gasteiger partial charge >= 0.3 is 5.97 Å². The quantitative estimate of drug-likeness (QED) is 0.648. The fourth-order valence-corrected chi connectivity index (χ4v) is 2.83. The molecule has 0 saturated carbocycles. The number of aromatic carboxylic acids is 1. The van der Waals surface area contributed by atoms with Crippen LogP contribution in [0.2, 0.25) is 0 Å². The summed E-state index contributed by atoms with van der Waals surface area (Å²) in [5.41, 5.74) is 6.00. The van der Waals surface area contributed by atoms with E-state index >= 15 is 0 Å². The predicted molar refractivity (Wildman–Crippen MR) is 97.1 cm³/mol. The third kappa shape index (κ3) is 4.13. The summed E-state index contributed by atoms with van der Waals surface area (Å²) in [4.78, 5) is 13.4. The second-order valence-electron chi connectivity index (χ2n) is 5.90. The fraction of sp³-hybridized carbons (Fsp3) is 0.263. The van der Waals surface area contributed by atoms with E-state index in [-0.39, 0.29) is 5.56 Å². The molecule has 0 bridgehead atoms. The molecule has 5 nitrogen and oxygen atoms in total. The number of carboxylic acid groups (broad SMARTS) is 1. The molecule has 1 saturated heterocycles. The molecule has 0 amide bonds. The Labute approximate surface area is 141 Å². The highest BCUT2D eigenvalue weighted by atomic mass is 16.4. The van der Waals surface area contributed by atoms with Gasteiger partial charge in [0.15, 0.2) is 0 Å². The number of carboxylic acids is 1. The summed E-state index contributed by atoms with van der Waals surface area (Å²) >= 11 is 0. The first-order valence-electron chi connectivity index (χ1n) is 8.20. The molecule has 1 aliphatic heterocycles. The summed E-state index contributed by atoms with van der Waals surface area (Å²) in [6, 6.07) is 14.9. The van der Waals surface area contributed by atoms with Crippen LogP contribution in [0, 0.1) is 0 Å². The summed E-state index contributed by atoms with van der Waals surface area (Å²) in [7, 11) is 0. The lowest BCUT2D eigenvalue weighted by atomic mass is 10.1. The lowest BCUT2D eigenvalue weighted by molar-refractivity contribution is 0.0697. The second-order valence-corrected chi connectivity index (χ2v) is 5.90. The van der Waals surface area contributed by atoms with Gasteiger partial charge in [-0.25, -0.2) is 4.79 Å². The predicted octanol–water partition coefficient (Wildman–Crippen LogP) is 3.82. The Morgan fingerprint density at radius 3 is 2.54 bits per heavy atom. The zero-order chi connectivity index (χ0) is 16.8. The Hall–Kier alpha value is -2.82. The normalized spacial score (nSPS) is 14.8. The zero-order valence-corrected chi connectivity index (χ0v) is 13.5. The van der Waals surface area contributed by atoms with Crippen molar-refractivity contribution in [1.29, 1.82) is 0 Å². The maximum absolute atomic E-state index is 10.9. The van der Waals surface area contributed by atoms with Crippen LogP contribution < -0.4 is 10.3 Å². The van der Waals surface area contributed by atoms with E-state index in [4.69, 9.17) is 5.11 Å². The molecule has 1 aliphatic rings. The Kier molecular flexibility index (Phi) is 5.11. The number of benzene rings is 2. The van der Waals surface area contributed by atoms with Gasteiger partial charge in [0.25, 0.3) is 0 Å². The zero-order valence-electron chi connectivity index (χ0n) is 13.5. The Bertz CT molecular complexity index is 720. The van der Waals surface area contributed by atoms with Gasteiger partial charge in [-0.1, -0.05) is 18.2 Å². The Balaban J connectivity index is 1.60. The van der Waals surface area contributed by atoms with Gasteiger partial charge in [0.2, 0.25) is 0 Å². The third-order valence-corrected chi connectivity index (χ3v) is 4.13. The van der Waals surface area contributed by atoms with Crippen LogP contribution in [0.15, 0.2) is 53.6 Å². The van der Waals surface area contributed by atoms with Gasteiger partial charge in [-0.2, -0.15) is 5.10 Å². The van der Waals surface area contributed by atoms with Crippen LogP contribution in [-0.2, 0) is 0 Å². The van der Waals surface area contributed by atoms with Crippen molar-refractivity contribution in [2.45, 2.75) is 19.3 Å². The van der Waals surface area contributed by atoms with Crippen molar-refractivity contribution < 1.29 is 9.90 Å². The van der Waals surface area contributed by atoms with Crippen LogP contribution in [0.5, 0.6) is 0 Å². The number of nitrogens with one attached hydrogen (secondary N) is 1. The van der Waals surface area contributed by atoms with Gasteiger partial charge in [0, 0.05) is 18.8 Å². The van der Waals surface area contributed by atoms with Gasteiger partial charge in [-0.15, -0.1) is 0 Å². The molecule has 0 radical (unpaired) electrons.